The Morgan fingerprint density at radius 1 is 1.25 bits per heavy atom. The maximum atomic E-state index is 12.3. The van der Waals surface area contributed by atoms with Gasteiger partial charge in [-0.1, -0.05) is 12.1 Å². The molecule has 3 rings (SSSR count). The topological polar surface area (TPSA) is 88.5 Å². The van der Waals surface area contributed by atoms with Gasteiger partial charge in [-0.05, 0) is 43.5 Å². The van der Waals surface area contributed by atoms with E-state index < -0.39 is 17.4 Å². The van der Waals surface area contributed by atoms with Crippen LogP contribution in [0, 0.1) is 0 Å². The van der Waals surface area contributed by atoms with Crippen molar-refractivity contribution in [2.75, 3.05) is 0 Å². The number of hydrogen-bond donors (Lipinski definition) is 2. The molecule has 0 spiro atoms. The van der Waals surface area contributed by atoms with Crippen LogP contribution in [-0.4, -0.2) is 27.5 Å². The Hall–Kier alpha value is -2.89. The minimum Gasteiger partial charge on any atom is -0.489 e. The number of rotatable bonds is 6. The van der Waals surface area contributed by atoms with Crippen LogP contribution in [0.25, 0.3) is 0 Å². The van der Waals surface area contributed by atoms with E-state index in [1.54, 1.807) is 36.7 Å². The summed E-state index contributed by atoms with van der Waals surface area (Å²) in [6, 6.07) is 10.4. The van der Waals surface area contributed by atoms with Gasteiger partial charge in [0.1, 0.15) is 17.9 Å². The van der Waals surface area contributed by atoms with Gasteiger partial charge < -0.3 is 15.2 Å². The van der Waals surface area contributed by atoms with Crippen molar-refractivity contribution in [3.05, 3.63) is 59.9 Å². The number of benzene rings is 1. The van der Waals surface area contributed by atoms with Crippen molar-refractivity contribution in [1.29, 1.82) is 0 Å². The number of aromatic nitrogens is 1. The molecule has 2 N–H and O–H groups in total. The summed E-state index contributed by atoms with van der Waals surface area (Å²) in [4.78, 5) is 27.7. The van der Waals surface area contributed by atoms with Crippen molar-refractivity contribution in [3.8, 4) is 5.75 Å². The Balaban J connectivity index is 1.66. The molecule has 1 aromatic carbocycles. The molecular formula is C18H18N2O4. The van der Waals surface area contributed by atoms with Crippen molar-refractivity contribution in [3.63, 3.8) is 0 Å². The summed E-state index contributed by atoms with van der Waals surface area (Å²) in [7, 11) is 0. The summed E-state index contributed by atoms with van der Waals surface area (Å²) in [5.74, 6) is -0.834. The standard InChI is InChI=1S/C18H18N2O4/c21-16(20-18(17(22)23)7-3-8-18)14-5-1-6-15(10-14)24-12-13-4-2-9-19-11-13/h1-2,4-6,9-11H,3,7-8,12H2,(H,20,21)(H,22,23). The van der Waals surface area contributed by atoms with Crippen LogP contribution in [0.3, 0.4) is 0 Å². The van der Waals surface area contributed by atoms with Crippen LogP contribution in [0.15, 0.2) is 48.8 Å². The number of carboxylic acids is 1. The van der Waals surface area contributed by atoms with Crippen molar-refractivity contribution < 1.29 is 19.4 Å². The lowest BCUT2D eigenvalue weighted by molar-refractivity contribution is -0.148. The molecule has 0 unspecified atom stereocenters. The molecule has 0 aliphatic heterocycles. The zero-order chi connectivity index (χ0) is 17.0. The predicted octanol–water partition coefficient (Wildman–Crippen LogP) is 2.40. The number of nitrogens with one attached hydrogen (secondary N) is 1. The minimum absolute atomic E-state index is 0.345. The fourth-order valence-electron chi connectivity index (χ4n) is 2.59. The van der Waals surface area contributed by atoms with E-state index >= 15 is 0 Å². The van der Waals surface area contributed by atoms with E-state index in [1.165, 1.54) is 0 Å². The molecule has 1 aliphatic rings. The first kappa shape index (κ1) is 16.0. The number of carboxylic acid groups (broad SMARTS) is 1. The third kappa shape index (κ3) is 3.37. The number of ether oxygens (including phenoxy) is 1. The maximum absolute atomic E-state index is 12.3. The number of amides is 1. The highest BCUT2D eigenvalue weighted by Gasteiger charge is 2.45. The van der Waals surface area contributed by atoms with Gasteiger partial charge in [-0.2, -0.15) is 0 Å². The normalized spacial score (nSPS) is 15.2. The Kier molecular flexibility index (Phi) is 4.46. The van der Waals surface area contributed by atoms with E-state index in [-0.39, 0.29) is 0 Å². The molecule has 6 nitrogen and oxygen atoms in total. The molecular weight excluding hydrogens is 308 g/mol. The van der Waals surface area contributed by atoms with E-state index in [2.05, 4.69) is 10.3 Å². The summed E-state index contributed by atoms with van der Waals surface area (Å²) < 4.78 is 5.66. The smallest absolute Gasteiger partial charge is 0.329 e. The number of carbonyl (C=O) groups excluding carboxylic acids is 1. The summed E-state index contributed by atoms with van der Waals surface area (Å²) in [6.07, 6.45) is 5.13. The lowest BCUT2D eigenvalue weighted by Gasteiger charge is -2.38. The van der Waals surface area contributed by atoms with Gasteiger partial charge in [0.15, 0.2) is 0 Å². The molecule has 0 saturated heterocycles. The van der Waals surface area contributed by atoms with E-state index in [0.717, 1.165) is 12.0 Å². The van der Waals surface area contributed by atoms with Gasteiger partial charge in [-0.25, -0.2) is 4.79 Å². The largest absolute Gasteiger partial charge is 0.489 e. The van der Waals surface area contributed by atoms with Crippen LogP contribution in [0.4, 0.5) is 0 Å². The molecule has 124 valence electrons. The first-order valence-corrected chi connectivity index (χ1v) is 7.77. The van der Waals surface area contributed by atoms with Crippen LogP contribution in [0.1, 0.15) is 35.2 Å². The first-order chi connectivity index (χ1) is 11.6. The highest BCUT2D eigenvalue weighted by atomic mass is 16.5. The summed E-state index contributed by atoms with van der Waals surface area (Å²) in [6.45, 7) is 0.345. The third-order valence-electron chi connectivity index (χ3n) is 4.19. The molecule has 1 aliphatic carbocycles. The van der Waals surface area contributed by atoms with Gasteiger partial charge in [0.05, 0.1) is 0 Å². The van der Waals surface area contributed by atoms with Crippen LogP contribution in [-0.2, 0) is 11.4 Å². The van der Waals surface area contributed by atoms with Crippen molar-refractivity contribution >= 4 is 11.9 Å². The number of nitrogens with zero attached hydrogens (tertiary/aromatic N) is 1. The zero-order valence-electron chi connectivity index (χ0n) is 13.1. The third-order valence-corrected chi connectivity index (χ3v) is 4.19. The molecule has 0 bridgehead atoms. The highest BCUT2D eigenvalue weighted by molar-refractivity contribution is 5.98. The lowest BCUT2D eigenvalue weighted by atomic mass is 9.76. The van der Waals surface area contributed by atoms with Crippen LogP contribution in [0.2, 0.25) is 0 Å². The van der Waals surface area contributed by atoms with Crippen LogP contribution >= 0.6 is 0 Å². The first-order valence-electron chi connectivity index (χ1n) is 7.77. The maximum Gasteiger partial charge on any atom is 0.329 e. The average molecular weight is 326 g/mol. The van der Waals surface area contributed by atoms with Gasteiger partial charge in [-0.15, -0.1) is 0 Å². The second kappa shape index (κ2) is 6.70. The molecule has 1 saturated carbocycles. The second-order valence-corrected chi connectivity index (χ2v) is 5.87. The molecule has 1 aromatic heterocycles. The number of aliphatic carboxylic acids is 1. The fourth-order valence-corrected chi connectivity index (χ4v) is 2.59. The van der Waals surface area contributed by atoms with E-state index in [0.29, 0.717) is 30.8 Å². The predicted molar refractivity (Wildman–Crippen MR) is 86.7 cm³/mol. The molecule has 0 radical (unpaired) electrons. The molecule has 6 heteroatoms. The summed E-state index contributed by atoms with van der Waals surface area (Å²) >= 11 is 0. The Labute approximate surface area is 139 Å². The lowest BCUT2D eigenvalue weighted by Crippen LogP contribution is -2.59. The van der Waals surface area contributed by atoms with Crippen molar-refractivity contribution in [2.45, 2.75) is 31.4 Å². The zero-order valence-corrected chi connectivity index (χ0v) is 13.1. The second-order valence-electron chi connectivity index (χ2n) is 5.87. The Morgan fingerprint density at radius 3 is 2.71 bits per heavy atom. The van der Waals surface area contributed by atoms with Gasteiger partial charge >= 0.3 is 5.97 Å². The SMILES string of the molecule is O=C(NC1(C(=O)O)CCC1)c1cccc(OCc2cccnc2)c1. The van der Waals surface area contributed by atoms with Gasteiger partial charge in [0.25, 0.3) is 5.91 Å². The Bertz CT molecular complexity index is 742. The molecule has 1 heterocycles. The van der Waals surface area contributed by atoms with Crippen molar-refractivity contribution in [1.82, 2.24) is 10.3 Å². The fraction of sp³-hybridized carbons (Fsp3) is 0.278. The summed E-state index contributed by atoms with van der Waals surface area (Å²) in [5, 5.41) is 11.9. The van der Waals surface area contributed by atoms with Crippen LogP contribution in [0.5, 0.6) is 5.75 Å². The molecule has 1 amide bonds. The molecule has 0 atom stereocenters. The Morgan fingerprint density at radius 2 is 2.08 bits per heavy atom. The van der Waals surface area contributed by atoms with E-state index in [4.69, 9.17) is 4.74 Å². The molecule has 1 fully saturated rings. The van der Waals surface area contributed by atoms with Gasteiger partial charge in [0, 0.05) is 23.5 Å². The van der Waals surface area contributed by atoms with E-state index in [1.807, 2.05) is 12.1 Å². The van der Waals surface area contributed by atoms with Crippen molar-refractivity contribution in [2.24, 2.45) is 0 Å². The average Bonchev–Trinajstić information content (AvgIpc) is 2.57. The summed E-state index contributed by atoms with van der Waals surface area (Å²) in [5.41, 5.74) is 0.182. The van der Waals surface area contributed by atoms with Gasteiger partial charge in [-0.3, -0.25) is 9.78 Å². The molecule has 2 aromatic rings. The van der Waals surface area contributed by atoms with E-state index in [9.17, 15) is 14.7 Å². The van der Waals surface area contributed by atoms with Gasteiger partial charge in [0.2, 0.25) is 0 Å². The van der Waals surface area contributed by atoms with Crippen LogP contribution < -0.4 is 10.1 Å². The quantitative estimate of drug-likeness (QED) is 0.851. The molecule has 24 heavy (non-hydrogen) atoms. The minimum atomic E-state index is -1.12. The highest BCUT2D eigenvalue weighted by Crippen LogP contribution is 2.32. The number of carbonyl (C=O) groups is 2. The monoisotopic (exact) mass is 326 g/mol. The number of hydrogen-bond acceptors (Lipinski definition) is 4. The number of pyridine rings is 1.